The van der Waals surface area contributed by atoms with E-state index in [9.17, 15) is 0 Å². The van der Waals surface area contributed by atoms with E-state index in [1.807, 2.05) is 24.4 Å². The van der Waals surface area contributed by atoms with Gasteiger partial charge in [-0.1, -0.05) is 29.8 Å². The average molecular weight is 377 g/mol. The van der Waals surface area contributed by atoms with Gasteiger partial charge in [0.05, 0.1) is 5.69 Å². The molecule has 0 bridgehead atoms. The first-order valence-electron chi connectivity index (χ1n) is 9.57. The van der Waals surface area contributed by atoms with Crippen molar-refractivity contribution in [1.82, 2.24) is 19.9 Å². The average Bonchev–Trinajstić information content (AvgIpc) is 2.70. The first kappa shape index (κ1) is 19.8. The number of aryl methyl sites for hydroxylation is 1. The Kier molecular flexibility index (Phi) is 6.92. The fraction of sp³-hybridized carbons (Fsp3) is 0.318. The van der Waals surface area contributed by atoms with Crippen molar-refractivity contribution in [1.29, 1.82) is 0 Å². The summed E-state index contributed by atoms with van der Waals surface area (Å²) in [5, 5.41) is 6.78. The summed E-state index contributed by atoms with van der Waals surface area (Å²) in [5.41, 5.74) is 4.30. The normalized spacial score (nSPS) is 10.9. The van der Waals surface area contributed by atoms with Crippen molar-refractivity contribution in [3.05, 3.63) is 66.0 Å². The Balaban J connectivity index is 1.76. The molecule has 0 amide bonds. The Hall–Kier alpha value is -2.99. The molecule has 6 nitrogen and oxygen atoms in total. The van der Waals surface area contributed by atoms with Crippen molar-refractivity contribution < 1.29 is 0 Å². The molecule has 2 aromatic heterocycles. The Bertz CT molecular complexity index is 879. The van der Waals surface area contributed by atoms with E-state index >= 15 is 0 Å². The Morgan fingerprint density at radius 3 is 2.64 bits per heavy atom. The zero-order chi connectivity index (χ0) is 19.8. The van der Waals surface area contributed by atoms with E-state index < -0.39 is 0 Å². The predicted molar refractivity (Wildman–Crippen MR) is 115 cm³/mol. The van der Waals surface area contributed by atoms with Crippen molar-refractivity contribution in [2.75, 3.05) is 37.8 Å². The largest absolute Gasteiger partial charge is 0.366 e. The highest BCUT2D eigenvalue weighted by Crippen LogP contribution is 2.21. The van der Waals surface area contributed by atoms with Crippen LogP contribution in [0.4, 0.5) is 11.8 Å². The van der Waals surface area contributed by atoms with Crippen LogP contribution in [0.2, 0.25) is 0 Å². The zero-order valence-electron chi connectivity index (χ0n) is 16.8. The van der Waals surface area contributed by atoms with Gasteiger partial charge in [-0.3, -0.25) is 4.98 Å². The van der Waals surface area contributed by atoms with Gasteiger partial charge in [0.25, 0.3) is 0 Å². The minimum absolute atomic E-state index is 0.631. The number of nitrogens with one attached hydrogen (secondary N) is 2. The van der Waals surface area contributed by atoms with Crippen LogP contribution >= 0.6 is 0 Å². The summed E-state index contributed by atoms with van der Waals surface area (Å²) in [5.74, 6) is 1.43. The fourth-order valence-electron chi connectivity index (χ4n) is 2.89. The lowest BCUT2D eigenvalue weighted by Gasteiger charge is -2.13. The lowest BCUT2D eigenvalue weighted by atomic mass is 10.1. The molecule has 146 valence electrons. The molecule has 2 N–H and O–H groups in total. The van der Waals surface area contributed by atoms with E-state index in [0.717, 1.165) is 36.6 Å². The van der Waals surface area contributed by atoms with Crippen LogP contribution in [0.5, 0.6) is 0 Å². The van der Waals surface area contributed by atoms with E-state index in [0.29, 0.717) is 12.5 Å². The van der Waals surface area contributed by atoms with Gasteiger partial charge in [0, 0.05) is 37.1 Å². The predicted octanol–water partition coefficient (Wildman–Crippen LogP) is 3.82. The summed E-state index contributed by atoms with van der Waals surface area (Å²) in [6, 6.07) is 14.4. The van der Waals surface area contributed by atoms with E-state index in [2.05, 4.69) is 75.8 Å². The van der Waals surface area contributed by atoms with Gasteiger partial charge in [0.2, 0.25) is 5.95 Å². The Morgan fingerprint density at radius 2 is 1.89 bits per heavy atom. The molecule has 3 rings (SSSR count). The number of pyridine rings is 1. The van der Waals surface area contributed by atoms with Crippen LogP contribution in [0.3, 0.4) is 0 Å². The number of benzene rings is 1. The summed E-state index contributed by atoms with van der Waals surface area (Å²) in [7, 11) is 4.15. The smallest absolute Gasteiger partial charge is 0.225 e. The van der Waals surface area contributed by atoms with Crippen LogP contribution in [-0.2, 0) is 6.54 Å². The Morgan fingerprint density at radius 1 is 1.00 bits per heavy atom. The molecule has 0 aliphatic heterocycles. The summed E-state index contributed by atoms with van der Waals surface area (Å²) in [6.45, 7) is 4.66. The van der Waals surface area contributed by atoms with Crippen molar-refractivity contribution in [2.24, 2.45) is 0 Å². The highest BCUT2D eigenvalue weighted by atomic mass is 15.1. The van der Waals surface area contributed by atoms with Crippen LogP contribution in [0.15, 0.2) is 54.9 Å². The number of aromatic nitrogens is 3. The molecule has 0 radical (unpaired) electrons. The third-order valence-corrected chi connectivity index (χ3v) is 4.30. The molecule has 0 aliphatic rings. The first-order valence-corrected chi connectivity index (χ1v) is 9.57. The molecule has 3 aromatic rings. The minimum Gasteiger partial charge on any atom is -0.366 e. The van der Waals surface area contributed by atoms with Gasteiger partial charge in [0.1, 0.15) is 5.82 Å². The Labute approximate surface area is 167 Å². The number of anilines is 2. The van der Waals surface area contributed by atoms with E-state index in [1.54, 1.807) is 6.20 Å². The van der Waals surface area contributed by atoms with Gasteiger partial charge in [-0.15, -0.1) is 0 Å². The third kappa shape index (κ3) is 6.03. The molecule has 6 heteroatoms. The fourth-order valence-corrected chi connectivity index (χ4v) is 2.89. The van der Waals surface area contributed by atoms with Crippen LogP contribution < -0.4 is 10.6 Å². The molecule has 1 aromatic carbocycles. The topological polar surface area (TPSA) is 66.0 Å². The second kappa shape index (κ2) is 9.80. The minimum atomic E-state index is 0.631. The maximum absolute atomic E-state index is 4.67. The standard InChI is InChI=1S/C22H28N6/c1-17-7-4-8-18(13-17)15-25-21-14-20(19-9-5-10-23-16-19)26-22(27-21)24-11-6-12-28(2)3/h4-5,7-10,13-14,16H,6,11-12,15H2,1-3H3,(H2,24,25,26,27). The van der Waals surface area contributed by atoms with Gasteiger partial charge >= 0.3 is 0 Å². The molecule has 2 heterocycles. The molecule has 0 saturated heterocycles. The first-order chi connectivity index (χ1) is 13.6. The maximum Gasteiger partial charge on any atom is 0.225 e. The van der Waals surface area contributed by atoms with Crippen LogP contribution in [0.1, 0.15) is 17.5 Å². The monoisotopic (exact) mass is 376 g/mol. The van der Waals surface area contributed by atoms with Crippen LogP contribution in [0, 0.1) is 6.92 Å². The van der Waals surface area contributed by atoms with Gasteiger partial charge in [-0.2, -0.15) is 4.98 Å². The number of hydrogen-bond donors (Lipinski definition) is 2. The lowest BCUT2D eigenvalue weighted by Crippen LogP contribution is -2.17. The second-order valence-corrected chi connectivity index (χ2v) is 7.13. The zero-order valence-corrected chi connectivity index (χ0v) is 16.8. The summed E-state index contributed by atoms with van der Waals surface area (Å²) >= 11 is 0. The van der Waals surface area contributed by atoms with E-state index in [1.165, 1.54) is 11.1 Å². The molecule has 28 heavy (non-hydrogen) atoms. The van der Waals surface area contributed by atoms with Gasteiger partial charge in [-0.05, 0) is 51.7 Å². The number of hydrogen-bond acceptors (Lipinski definition) is 6. The van der Waals surface area contributed by atoms with Crippen LogP contribution in [-0.4, -0.2) is 47.0 Å². The van der Waals surface area contributed by atoms with Crippen molar-refractivity contribution in [2.45, 2.75) is 19.9 Å². The quantitative estimate of drug-likeness (QED) is 0.554. The van der Waals surface area contributed by atoms with E-state index in [-0.39, 0.29) is 0 Å². The number of nitrogens with zero attached hydrogens (tertiary/aromatic N) is 4. The van der Waals surface area contributed by atoms with Crippen LogP contribution in [0.25, 0.3) is 11.3 Å². The molecular formula is C22H28N6. The number of rotatable bonds is 9. The summed E-state index contributed by atoms with van der Waals surface area (Å²) in [6.07, 6.45) is 4.62. The van der Waals surface area contributed by atoms with Gasteiger partial charge in [0.15, 0.2) is 0 Å². The molecule has 0 unspecified atom stereocenters. The molecule has 0 saturated carbocycles. The van der Waals surface area contributed by atoms with Crippen molar-refractivity contribution in [3.63, 3.8) is 0 Å². The maximum atomic E-state index is 4.67. The van der Waals surface area contributed by atoms with Gasteiger partial charge in [-0.25, -0.2) is 4.98 Å². The summed E-state index contributed by atoms with van der Waals surface area (Å²) in [4.78, 5) is 15.7. The van der Waals surface area contributed by atoms with E-state index in [4.69, 9.17) is 0 Å². The van der Waals surface area contributed by atoms with Crippen molar-refractivity contribution >= 4 is 11.8 Å². The third-order valence-electron chi connectivity index (χ3n) is 4.30. The SMILES string of the molecule is Cc1cccc(CNc2cc(-c3cccnc3)nc(NCCCN(C)C)n2)c1. The highest BCUT2D eigenvalue weighted by Gasteiger charge is 2.07. The molecule has 0 fully saturated rings. The lowest BCUT2D eigenvalue weighted by molar-refractivity contribution is 0.405. The van der Waals surface area contributed by atoms with Gasteiger partial charge < -0.3 is 15.5 Å². The summed E-state index contributed by atoms with van der Waals surface area (Å²) < 4.78 is 0. The molecule has 0 spiro atoms. The molecule has 0 atom stereocenters. The highest BCUT2D eigenvalue weighted by molar-refractivity contribution is 5.63. The molecule has 0 aliphatic carbocycles. The molecular weight excluding hydrogens is 348 g/mol. The second-order valence-electron chi connectivity index (χ2n) is 7.13. The van der Waals surface area contributed by atoms with Crippen molar-refractivity contribution in [3.8, 4) is 11.3 Å².